The third-order valence-electron chi connectivity index (χ3n) is 17.0. The number of aliphatic hydroxyl groups excluding tert-OH is 1. The third kappa shape index (κ3) is 15.4. The lowest BCUT2D eigenvalue weighted by Crippen LogP contribution is -2.20. The van der Waals surface area contributed by atoms with Gasteiger partial charge in [0.25, 0.3) is 5.97 Å². The number of benzene rings is 6. The molecule has 0 aliphatic heterocycles. The van der Waals surface area contributed by atoms with E-state index >= 15 is 0 Å². The number of hydrogen-bond donors (Lipinski definition) is 2. The number of Topliss-reactive ketones (excluding diaryl/α,β-unsaturated/α-hetero) is 6. The predicted molar refractivity (Wildman–Crippen MR) is 333 cm³/mol. The molecule has 2 N–H and O–H groups in total. The van der Waals surface area contributed by atoms with E-state index in [1.54, 1.807) is 72.8 Å². The summed E-state index contributed by atoms with van der Waals surface area (Å²) in [6.07, 6.45) is 20.3. The molecule has 0 aromatic heterocycles. The van der Waals surface area contributed by atoms with Crippen molar-refractivity contribution in [1.82, 2.24) is 0 Å². The summed E-state index contributed by atoms with van der Waals surface area (Å²) in [6, 6.07) is 43.3. The van der Waals surface area contributed by atoms with Crippen molar-refractivity contribution in [2.75, 3.05) is 19.8 Å². The van der Waals surface area contributed by atoms with Gasteiger partial charge in [0.15, 0.2) is 0 Å². The first-order valence-corrected chi connectivity index (χ1v) is 29.4. The summed E-state index contributed by atoms with van der Waals surface area (Å²) in [5, 5.41) is 16.3. The van der Waals surface area contributed by atoms with Gasteiger partial charge in [0, 0.05) is 60.8 Å². The van der Waals surface area contributed by atoms with E-state index in [0.717, 1.165) is 70.9 Å². The topological polar surface area (TPSA) is 213 Å². The molecular formula is C74H72O13. The van der Waals surface area contributed by atoms with E-state index < -0.39 is 40.7 Å². The summed E-state index contributed by atoms with van der Waals surface area (Å²) < 4.78 is 10.0. The van der Waals surface area contributed by atoms with Gasteiger partial charge in [0.05, 0.1) is 13.2 Å². The molecule has 87 heavy (non-hydrogen) atoms. The Labute approximate surface area is 507 Å². The number of rotatable bonds is 7. The minimum absolute atomic E-state index is 0.151. The van der Waals surface area contributed by atoms with Crippen molar-refractivity contribution in [2.24, 2.45) is 53.3 Å². The fourth-order valence-corrected chi connectivity index (χ4v) is 12.7. The van der Waals surface area contributed by atoms with Gasteiger partial charge in [0.2, 0.25) is 34.7 Å². The average molecular weight is 1170 g/mol. The van der Waals surface area contributed by atoms with Gasteiger partial charge in [-0.15, -0.1) is 13.2 Å². The Hall–Kier alpha value is -9.33. The second kappa shape index (κ2) is 29.7. The van der Waals surface area contributed by atoms with Gasteiger partial charge in [0.1, 0.15) is 0 Å². The van der Waals surface area contributed by atoms with E-state index in [1.165, 1.54) is 39.5 Å². The van der Waals surface area contributed by atoms with Crippen LogP contribution in [0, 0.1) is 53.3 Å². The van der Waals surface area contributed by atoms with Crippen molar-refractivity contribution in [3.8, 4) is 33.4 Å². The summed E-state index contributed by atoms with van der Waals surface area (Å²) in [5.74, 6) is 2.02. The van der Waals surface area contributed by atoms with Crippen LogP contribution in [0.5, 0.6) is 0 Å². The zero-order valence-corrected chi connectivity index (χ0v) is 49.2. The van der Waals surface area contributed by atoms with Crippen molar-refractivity contribution < 1.29 is 62.8 Å². The van der Waals surface area contributed by atoms with Crippen LogP contribution in [0.15, 0.2) is 195 Å². The molecule has 0 spiro atoms. The second-order valence-corrected chi connectivity index (χ2v) is 22.8. The van der Waals surface area contributed by atoms with Crippen molar-refractivity contribution in [3.05, 3.63) is 229 Å². The van der Waals surface area contributed by atoms with Crippen LogP contribution in [-0.4, -0.2) is 82.6 Å². The first-order chi connectivity index (χ1) is 41.9. The average Bonchev–Trinajstić information content (AvgIpc) is 4.12. The van der Waals surface area contributed by atoms with Crippen LogP contribution < -0.4 is 0 Å². The van der Waals surface area contributed by atoms with E-state index in [-0.39, 0.29) is 11.9 Å². The van der Waals surface area contributed by atoms with Gasteiger partial charge < -0.3 is 19.7 Å². The molecule has 0 saturated heterocycles. The Bertz CT molecular complexity index is 3240. The highest BCUT2D eigenvalue weighted by Crippen LogP contribution is 2.45. The van der Waals surface area contributed by atoms with Crippen LogP contribution >= 0.6 is 0 Å². The first kappa shape index (κ1) is 63.7. The number of carbonyl (C=O) groups excluding carboxylic acids is 8. The Morgan fingerprint density at radius 1 is 0.402 bits per heavy atom. The fourth-order valence-electron chi connectivity index (χ4n) is 12.7. The molecule has 3 fully saturated rings. The number of fused-ring (bicyclic) bond motifs is 13. The van der Waals surface area contributed by atoms with Crippen molar-refractivity contribution in [3.63, 3.8) is 0 Å². The molecule has 13 heteroatoms. The molecule has 9 atom stereocenters. The molecule has 0 radical (unpaired) electrons. The number of ether oxygens (including phenoxy) is 2. The Kier molecular flexibility index (Phi) is 21.7. The smallest absolute Gasteiger partial charge is 0.302 e. The fraction of sp³-hybridized carbons (Fsp3) is 0.284. The molecule has 8 aliphatic carbocycles. The minimum Gasteiger partial charge on any atom is -0.481 e. The van der Waals surface area contributed by atoms with Crippen LogP contribution in [0.3, 0.4) is 0 Å². The number of esters is 2. The Morgan fingerprint density at radius 2 is 0.678 bits per heavy atom. The molecule has 6 aromatic rings. The number of carboxylic acid groups (broad SMARTS) is 1. The maximum absolute atomic E-state index is 11.8. The molecule has 4 bridgehead atoms. The van der Waals surface area contributed by atoms with E-state index in [9.17, 15) is 38.4 Å². The Balaban J connectivity index is 0.000000135. The molecule has 6 aromatic carbocycles. The van der Waals surface area contributed by atoms with Gasteiger partial charge >= 0.3 is 11.9 Å². The number of allylic oxidation sites excluding steroid dienone is 6. The number of aliphatic hydroxyl groups is 1. The third-order valence-corrected chi connectivity index (χ3v) is 17.0. The van der Waals surface area contributed by atoms with Crippen LogP contribution in [0.4, 0.5) is 0 Å². The van der Waals surface area contributed by atoms with Crippen LogP contribution in [0.2, 0.25) is 0 Å². The van der Waals surface area contributed by atoms with E-state index in [4.69, 9.17) is 24.5 Å². The molecule has 13 nitrogen and oxygen atoms in total. The van der Waals surface area contributed by atoms with E-state index in [2.05, 4.69) is 37.5 Å². The lowest BCUT2D eigenvalue weighted by atomic mass is 9.84. The van der Waals surface area contributed by atoms with Crippen molar-refractivity contribution in [2.45, 2.75) is 59.3 Å². The predicted octanol–water partition coefficient (Wildman–Crippen LogP) is 13.8. The molecule has 8 aliphatic rings. The van der Waals surface area contributed by atoms with Crippen molar-refractivity contribution >= 4 is 52.6 Å². The molecule has 14 rings (SSSR count). The number of carboxylic acids is 1. The number of aliphatic carboxylic acids is 1. The SMILES string of the molecule is C=CC1CC(C=C)C(COC(C)=O)C1.CC(=O)O.CC(=O)OCC1CC2C=CC1C2.O=C1C(=O)c2ccccc2-c2ccccc21.O=C1C(=O)c2ccccc2-c2ccccc21.O=C1C(=O)c2ccccc2-c2ccccc21.OCC1CC2C=CC1C2. The summed E-state index contributed by atoms with van der Waals surface area (Å²) in [7, 11) is 0. The Morgan fingerprint density at radius 3 is 0.897 bits per heavy atom. The molecule has 446 valence electrons. The van der Waals surface area contributed by atoms with Crippen molar-refractivity contribution in [1.29, 1.82) is 0 Å². The largest absolute Gasteiger partial charge is 0.481 e. The van der Waals surface area contributed by atoms with Gasteiger partial charge in [-0.05, 0) is 125 Å². The minimum atomic E-state index is -0.833. The highest BCUT2D eigenvalue weighted by molar-refractivity contribution is 6.54. The lowest BCUT2D eigenvalue weighted by molar-refractivity contribution is -0.143. The monoisotopic (exact) mass is 1170 g/mol. The van der Waals surface area contributed by atoms with Crippen LogP contribution in [-0.2, 0) is 23.9 Å². The van der Waals surface area contributed by atoms with Gasteiger partial charge in [-0.2, -0.15) is 0 Å². The normalized spacial score (nSPS) is 22.6. The summed E-state index contributed by atoms with van der Waals surface area (Å²) in [4.78, 5) is 101. The standard InChI is InChI=1S/3C14H8O2.C12H18O2.C10H14O2.C8H12O.C2H4O2/c3*15-13-11-7-3-1-5-9(11)10-6-2-4-8-12(10)14(13)16;1-4-10-6-11(5-2)12(7-10)8-14-9(3)13;1-7(11)12-6-10-5-8-2-3-9(10)4-8;9-5-8-4-6-1-2-7(8)3-6;1-2(3)4/h3*1-8H;4-5,10-12H,1-2,6-8H2,3H3;2-3,8-10H,4-6H2,1H3;1-2,6-9H,3-5H2;1H3,(H,3,4). The highest BCUT2D eigenvalue weighted by atomic mass is 16.5. The number of carbonyl (C=O) groups is 9. The lowest BCUT2D eigenvalue weighted by Gasteiger charge is -2.16. The summed E-state index contributed by atoms with van der Waals surface area (Å²) in [6.45, 7) is 13.2. The summed E-state index contributed by atoms with van der Waals surface area (Å²) >= 11 is 0. The van der Waals surface area contributed by atoms with Crippen LogP contribution in [0.1, 0.15) is 121 Å². The number of ketones is 6. The maximum atomic E-state index is 11.8. The van der Waals surface area contributed by atoms with E-state index in [0.29, 0.717) is 88.7 Å². The van der Waals surface area contributed by atoms with Gasteiger partial charge in [-0.25, -0.2) is 0 Å². The van der Waals surface area contributed by atoms with Gasteiger partial charge in [-0.1, -0.05) is 182 Å². The highest BCUT2D eigenvalue weighted by Gasteiger charge is 2.37. The number of hydrogen-bond acceptors (Lipinski definition) is 12. The zero-order chi connectivity index (χ0) is 62.3. The van der Waals surface area contributed by atoms with Crippen LogP contribution in [0.25, 0.3) is 33.4 Å². The maximum Gasteiger partial charge on any atom is 0.302 e. The molecule has 0 amide bonds. The molecular weight excluding hydrogens is 1100 g/mol. The quantitative estimate of drug-likeness (QED) is 0.0866. The zero-order valence-electron chi connectivity index (χ0n) is 49.2. The van der Waals surface area contributed by atoms with Gasteiger partial charge in [-0.3, -0.25) is 43.2 Å². The first-order valence-electron chi connectivity index (χ1n) is 29.4. The summed E-state index contributed by atoms with van der Waals surface area (Å²) in [5.41, 5.74) is 8.13. The molecule has 3 saturated carbocycles. The second-order valence-electron chi connectivity index (χ2n) is 22.8. The molecule has 9 unspecified atom stereocenters. The van der Waals surface area contributed by atoms with E-state index in [1.807, 2.05) is 84.9 Å². The molecule has 0 heterocycles.